The summed E-state index contributed by atoms with van der Waals surface area (Å²) >= 11 is 5.83. The Bertz CT molecular complexity index is 902. The molecule has 0 fully saturated rings. The lowest BCUT2D eigenvalue weighted by molar-refractivity contribution is -0.117. The number of ether oxygens (including phenoxy) is 1. The maximum absolute atomic E-state index is 12.2. The number of likely N-dealkylation sites (N-methyl/N-ethyl adjacent to an activating group) is 1. The van der Waals surface area contributed by atoms with Crippen LogP contribution in [0, 0.1) is 0 Å². The first-order valence-corrected chi connectivity index (χ1v) is 10.4. The van der Waals surface area contributed by atoms with Gasteiger partial charge in [0.15, 0.2) is 0 Å². The van der Waals surface area contributed by atoms with Gasteiger partial charge in [0, 0.05) is 31.4 Å². The van der Waals surface area contributed by atoms with Crippen LogP contribution in [0.4, 0.5) is 5.69 Å². The predicted molar refractivity (Wildman–Crippen MR) is 110 cm³/mol. The van der Waals surface area contributed by atoms with E-state index in [0.29, 0.717) is 29.6 Å². The Morgan fingerprint density at radius 1 is 1.11 bits per heavy atom. The molecule has 0 atom stereocenters. The first-order chi connectivity index (χ1) is 13.2. The summed E-state index contributed by atoms with van der Waals surface area (Å²) in [5.41, 5.74) is 0.429. The van der Waals surface area contributed by atoms with Crippen molar-refractivity contribution in [3.05, 3.63) is 53.6 Å². The zero-order chi connectivity index (χ0) is 20.7. The van der Waals surface area contributed by atoms with Crippen molar-refractivity contribution in [1.29, 1.82) is 0 Å². The van der Waals surface area contributed by atoms with Crippen LogP contribution in [0.5, 0.6) is 5.75 Å². The molecule has 0 radical (unpaired) electrons. The molecule has 9 heteroatoms. The van der Waals surface area contributed by atoms with Gasteiger partial charge in [-0.25, -0.2) is 12.7 Å². The van der Waals surface area contributed by atoms with Crippen molar-refractivity contribution in [3.63, 3.8) is 0 Å². The Morgan fingerprint density at radius 3 is 2.43 bits per heavy atom. The van der Waals surface area contributed by atoms with Crippen molar-refractivity contribution in [1.82, 2.24) is 9.21 Å². The lowest BCUT2D eigenvalue weighted by Gasteiger charge is -2.17. The Labute approximate surface area is 170 Å². The van der Waals surface area contributed by atoms with E-state index >= 15 is 0 Å². The summed E-state index contributed by atoms with van der Waals surface area (Å²) in [6.45, 7) is 1.11. The van der Waals surface area contributed by atoms with Gasteiger partial charge in [-0.2, -0.15) is 0 Å². The van der Waals surface area contributed by atoms with Crippen molar-refractivity contribution in [2.45, 2.75) is 4.90 Å². The standard InChI is InChI=1S/C19H24ClN3O4S/c1-22(2)28(25,26)18-6-4-5-16(13-18)21-19(24)14-23(3)11-12-27-17-9-7-15(20)8-10-17/h4-10,13H,11-12,14H2,1-3H3,(H,21,24). The van der Waals surface area contributed by atoms with Crippen LogP contribution in [-0.4, -0.2) is 64.4 Å². The number of anilines is 1. The van der Waals surface area contributed by atoms with Gasteiger partial charge in [0.2, 0.25) is 15.9 Å². The number of benzene rings is 2. The molecular weight excluding hydrogens is 402 g/mol. The van der Waals surface area contributed by atoms with Crippen LogP contribution in [0.25, 0.3) is 0 Å². The normalized spacial score (nSPS) is 11.6. The third-order valence-corrected chi connectivity index (χ3v) is 5.93. The van der Waals surface area contributed by atoms with Crippen LogP contribution in [0.2, 0.25) is 5.02 Å². The van der Waals surface area contributed by atoms with Crippen LogP contribution in [0.15, 0.2) is 53.4 Å². The highest BCUT2D eigenvalue weighted by Crippen LogP contribution is 2.18. The SMILES string of the molecule is CN(CCOc1ccc(Cl)cc1)CC(=O)Nc1cccc(S(=O)(=O)N(C)C)c1. The summed E-state index contributed by atoms with van der Waals surface area (Å²) in [7, 11) is 1.17. The average molecular weight is 426 g/mol. The number of halogens is 1. The van der Waals surface area contributed by atoms with Crippen LogP contribution in [0.1, 0.15) is 0 Å². The van der Waals surface area contributed by atoms with Gasteiger partial charge < -0.3 is 10.1 Å². The largest absolute Gasteiger partial charge is 0.492 e. The third-order valence-electron chi connectivity index (χ3n) is 3.87. The lowest BCUT2D eigenvalue weighted by atomic mass is 10.3. The highest BCUT2D eigenvalue weighted by atomic mass is 35.5. The molecule has 0 aromatic heterocycles. The first-order valence-electron chi connectivity index (χ1n) is 8.58. The fourth-order valence-electron chi connectivity index (χ4n) is 2.32. The quantitative estimate of drug-likeness (QED) is 0.667. The van der Waals surface area contributed by atoms with Gasteiger partial charge >= 0.3 is 0 Å². The smallest absolute Gasteiger partial charge is 0.242 e. The van der Waals surface area contributed by atoms with Crippen LogP contribution in [0.3, 0.4) is 0 Å². The second-order valence-corrected chi connectivity index (χ2v) is 8.99. The van der Waals surface area contributed by atoms with Gasteiger partial charge in [-0.05, 0) is 49.5 Å². The molecule has 0 aliphatic rings. The lowest BCUT2D eigenvalue weighted by Crippen LogP contribution is -2.33. The van der Waals surface area contributed by atoms with E-state index < -0.39 is 10.0 Å². The summed E-state index contributed by atoms with van der Waals surface area (Å²) in [4.78, 5) is 14.2. The molecule has 0 saturated heterocycles. The van der Waals surface area contributed by atoms with E-state index in [1.54, 1.807) is 43.4 Å². The number of hydrogen-bond donors (Lipinski definition) is 1. The van der Waals surface area contributed by atoms with Crippen molar-refractivity contribution in [2.24, 2.45) is 0 Å². The second kappa shape index (κ2) is 9.88. The predicted octanol–water partition coefficient (Wildman–Crippen LogP) is 2.54. The number of hydrogen-bond acceptors (Lipinski definition) is 5. The monoisotopic (exact) mass is 425 g/mol. The molecule has 2 rings (SSSR count). The van der Waals surface area contributed by atoms with Gasteiger partial charge in [-0.1, -0.05) is 17.7 Å². The minimum absolute atomic E-state index is 0.125. The average Bonchev–Trinajstić information content (AvgIpc) is 2.63. The van der Waals surface area contributed by atoms with E-state index in [4.69, 9.17) is 16.3 Å². The van der Waals surface area contributed by atoms with E-state index in [1.165, 1.54) is 26.2 Å². The molecule has 0 aliphatic carbocycles. The molecule has 0 spiro atoms. The molecule has 28 heavy (non-hydrogen) atoms. The first kappa shape index (κ1) is 22.2. The minimum atomic E-state index is -3.55. The van der Waals surface area contributed by atoms with E-state index in [2.05, 4.69) is 5.32 Å². The van der Waals surface area contributed by atoms with Gasteiger partial charge in [-0.3, -0.25) is 9.69 Å². The van der Waals surface area contributed by atoms with Gasteiger partial charge in [0.25, 0.3) is 0 Å². The molecule has 0 saturated carbocycles. The summed E-state index contributed by atoms with van der Waals surface area (Å²) in [6, 6.07) is 13.2. The Balaban J connectivity index is 1.83. The fourth-order valence-corrected chi connectivity index (χ4v) is 3.39. The molecule has 0 bridgehead atoms. The minimum Gasteiger partial charge on any atom is -0.492 e. The van der Waals surface area contributed by atoms with Crippen molar-refractivity contribution in [2.75, 3.05) is 46.2 Å². The number of carbonyl (C=O) groups is 1. The highest BCUT2D eigenvalue weighted by Gasteiger charge is 2.17. The highest BCUT2D eigenvalue weighted by molar-refractivity contribution is 7.89. The van der Waals surface area contributed by atoms with E-state index in [-0.39, 0.29) is 17.3 Å². The number of carbonyl (C=O) groups excluding carboxylic acids is 1. The molecule has 1 N–H and O–H groups in total. The molecule has 0 heterocycles. The van der Waals surface area contributed by atoms with Gasteiger partial charge in [0.05, 0.1) is 11.4 Å². The number of amides is 1. The van der Waals surface area contributed by atoms with Gasteiger partial charge in [-0.15, -0.1) is 0 Å². The maximum atomic E-state index is 12.2. The van der Waals surface area contributed by atoms with Crippen LogP contribution < -0.4 is 10.1 Å². The Hall–Kier alpha value is -2.13. The molecule has 2 aromatic rings. The number of nitrogens with zero attached hydrogens (tertiary/aromatic N) is 2. The van der Waals surface area contributed by atoms with E-state index in [0.717, 1.165) is 4.31 Å². The van der Waals surface area contributed by atoms with Crippen molar-refractivity contribution < 1.29 is 17.9 Å². The summed E-state index contributed by atoms with van der Waals surface area (Å²) in [6.07, 6.45) is 0. The fraction of sp³-hybridized carbons (Fsp3) is 0.316. The van der Waals surface area contributed by atoms with E-state index in [1.807, 2.05) is 4.90 Å². The molecule has 0 aliphatic heterocycles. The molecule has 7 nitrogen and oxygen atoms in total. The number of nitrogens with one attached hydrogen (secondary N) is 1. The zero-order valence-electron chi connectivity index (χ0n) is 16.1. The third kappa shape index (κ3) is 6.49. The van der Waals surface area contributed by atoms with Crippen molar-refractivity contribution in [3.8, 4) is 5.75 Å². The zero-order valence-corrected chi connectivity index (χ0v) is 17.6. The van der Waals surface area contributed by atoms with Crippen LogP contribution in [-0.2, 0) is 14.8 Å². The summed E-state index contributed by atoms with van der Waals surface area (Å²) < 4.78 is 31.1. The summed E-state index contributed by atoms with van der Waals surface area (Å²) in [5, 5.41) is 3.36. The topological polar surface area (TPSA) is 79.0 Å². The van der Waals surface area contributed by atoms with Crippen LogP contribution >= 0.6 is 11.6 Å². The van der Waals surface area contributed by atoms with Gasteiger partial charge in [0.1, 0.15) is 12.4 Å². The van der Waals surface area contributed by atoms with E-state index in [9.17, 15) is 13.2 Å². The maximum Gasteiger partial charge on any atom is 0.242 e. The second-order valence-electron chi connectivity index (χ2n) is 6.40. The molecule has 1 amide bonds. The molecule has 0 unspecified atom stereocenters. The number of rotatable bonds is 9. The number of sulfonamides is 1. The molecule has 2 aromatic carbocycles. The molecule has 152 valence electrons. The van der Waals surface area contributed by atoms with Crippen molar-refractivity contribution >= 4 is 33.2 Å². The molecular formula is C19H24ClN3O4S. The Morgan fingerprint density at radius 2 is 1.79 bits per heavy atom. The summed E-state index contributed by atoms with van der Waals surface area (Å²) in [5.74, 6) is 0.467. The Kier molecular flexibility index (Phi) is 7.82.